The van der Waals surface area contributed by atoms with Crippen LogP contribution in [-0.2, 0) is 17.5 Å². The quantitative estimate of drug-likeness (QED) is 0.835. The van der Waals surface area contributed by atoms with Gasteiger partial charge in [0.1, 0.15) is 5.60 Å². The minimum atomic E-state index is -4.45. The highest BCUT2D eigenvalue weighted by Gasteiger charge is 2.33. The van der Waals surface area contributed by atoms with Crippen LogP contribution in [0, 0.1) is 0 Å². The molecular formula is C18H19F3N4O3. The van der Waals surface area contributed by atoms with Crippen LogP contribution >= 0.6 is 0 Å². The van der Waals surface area contributed by atoms with E-state index in [0.717, 1.165) is 12.1 Å². The second kappa shape index (κ2) is 6.84. The number of ether oxygens (including phenoxy) is 1. The zero-order chi connectivity index (χ0) is 20.7. The van der Waals surface area contributed by atoms with Gasteiger partial charge in [-0.2, -0.15) is 18.3 Å². The molecule has 0 fully saturated rings. The van der Waals surface area contributed by atoms with Gasteiger partial charge in [-0.3, -0.25) is 14.8 Å². The number of carbonyl (C=O) groups is 2. The summed E-state index contributed by atoms with van der Waals surface area (Å²) in [5.74, 6) is -0.477. The SMILES string of the molecule is CC(C)(C)OC(=O)Nc1cnn2c1C(=O)N(c1ccc(C(F)(F)F)cc1)CC2. The van der Waals surface area contributed by atoms with Gasteiger partial charge in [0, 0.05) is 12.2 Å². The number of aromatic nitrogens is 2. The Hall–Kier alpha value is -3.04. The Morgan fingerprint density at radius 1 is 1.14 bits per heavy atom. The Balaban J connectivity index is 1.83. The molecule has 0 saturated carbocycles. The molecule has 1 aromatic heterocycles. The van der Waals surface area contributed by atoms with E-state index in [9.17, 15) is 22.8 Å². The summed E-state index contributed by atoms with van der Waals surface area (Å²) in [5.41, 5.74) is -0.868. The van der Waals surface area contributed by atoms with Crippen LogP contribution in [0.25, 0.3) is 0 Å². The lowest BCUT2D eigenvalue weighted by molar-refractivity contribution is -0.137. The van der Waals surface area contributed by atoms with Gasteiger partial charge in [0.05, 0.1) is 24.0 Å². The molecule has 1 N–H and O–H groups in total. The lowest BCUT2D eigenvalue weighted by Gasteiger charge is -2.28. The van der Waals surface area contributed by atoms with Crippen molar-refractivity contribution < 1.29 is 27.5 Å². The number of halogens is 3. The van der Waals surface area contributed by atoms with Gasteiger partial charge in [-0.1, -0.05) is 0 Å². The fraction of sp³-hybridized carbons (Fsp3) is 0.389. The summed E-state index contributed by atoms with van der Waals surface area (Å²) in [4.78, 5) is 26.2. The maximum Gasteiger partial charge on any atom is 0.416 e. The van der Waals surface area contributed by atoms with Crippen LogP contribution in [0.1, 0.15) is 36.8 Å². The number of nitrogens with one attached hydrogen (secondary N) is 1. The minimum Gasteiger partial charge on any atom is -0.444 e. The Kier molecular flexibility index (Phi) is 4.82. The molecule has 0 bridgehead atoms. The van der Waals surface area contributed by atoms with E-state index in [1.807, 2.05) is 0 Å². The van der Waals surface area contributed by atoms with Crippen LogP contribution in [0.2, 0.25) is 0 Å². The average molecular weight is 396 g/mol. The molecule has 1 aliphatic heterocycles. The summed E-state index contributed by atoms with van der Waals surface area (Å²) in [7, 11) is 0. The maximum atomic E-state index is 12.9. The molecule has 0 saturated heterocycles. The maximum absolute atomic E-state index is 12.9. The molecule has 2 heterocycles. The van der Waals surface area contributed by atoms with Crippen molar-refractivity contribution in [3.05, 3.63) is 41.7 Å². The topological polar surface area (TPSA) is 76.5 Å². The number of anilines is 2. The van der Waals surface area contributed by atoms with E-state index in [2.05, 4.69) is 10.4 Å². The predicted octanol–water partition coefficient (Wildman–Crippen LogP) is 3.91. The highest BCUT2D eigenvalue weighted by atomic mass is 19.4. The van der Waals surface area contributed by atoms with Gasteiger partial charge in [0.2, 0.25) is 0 Å². The molecule has 3 rings (SSSR count). The van der Waals surface area contributed by atoms with Gasteiger partial charge < -0.3 is 9.64 Å². The lowest BCUT2D eigenvalue weighted by atomic mass is 10.1. The fourth-order valence-electron chi connectivity index (χ4n) is 2.79. The fourth-order valence-corrected chi connectivity index (χ4v) is 2.79. The summed E-state index contributed by atoms with van der Waals surface area (Å²) < 4.78 is 44.8. The zero-order valence-electron chi connectivity index (χ0n) is 15.5. The van der Waals surface area contributed by atoms with Crippen LogP contribution in [0.4, 0.5) is 29.3 Å². The number of rotatable bonds is 2. The molecule has 1 aromatic carbocycles. The van der Waals surface area contributed by atoms with E-state index >= 15 is 0 Å². The van der Waals surface area contributed by atoms with Crippen LogP contribution in [0.5, 0.6) is 0 Å². The Bertz CT molecular complexity index is 898. The molecule has 2 amide bonds. The number of carbonyl (C=O) groups excluding carboxylic acids is 2. The first kappa shape index (κ1) is 19.7. The van der Waals surface area contributed by atoms with Crippen LogP contribution in [0.15, 0.2) is 30.5 Å². The smallest absolute Gasteiger partial charge is 0.416 e. The molecule has 1 aliphatic rings. The first-order valence-electron chi connectivity index (χ1n) is 8.50. The molecule has 0 spiro atoms. The summed E-state index contributed by atoms with van der Waals surface area (Å²) in [6, 6.07) is 4.34. The van der Waals surface area contributed by atoms with Gasteiger partial charge in [-0.05, 0) is 45.0 Å². The summed E-state index contributed by atoms with van der Waals surface area (Å²) in [6.45, 7) is 5.69. The largest absolute Gasteiger partial charge is 0.444 e. The highest BCUT2D eigenvalue weighted by molar-refractivity contribution is 6.10. The van der Waals surface area contributed by atoms with E-state index < -0.39 is 29.3 Å². The number of amides is 2. The third-order valence-corrected chi connectivity index (χ3v) is 3.96. The van der Waals surface area contributed by atoms with Crippen molar-refractivity contribution in [2.75, 3.05) is 16.8 Å². The number of nitrogens with zero attached hydrogens (tertiary/aromatic N) is 3. The van der Waals surface area contributed by atoms with E-state index in [0.29, 0.717) is 12.2 Å². The van der Waals surface area contributed by atoms with Gasteiger partial charge in [-0.15, -0.1) is 0 Å². The van der Waals surface area contributed by atoms with Gasteiger partial charge >= 0.3 is 12.3 Å². The third kappa shape index (κ3) is 4.10. The predicted molar refractivity (Wildman–Crippen MR) is 95.2 cm³/mol. The van der Waals surface area contributed by atoms with Crippen molar-refractivity contribution in [2.45, 2.75) is 39.1 Å². The second-order valence-corrected chi connectivity index (χ2v) is 7.26. The van der Waals surface area contributed by atoms with Crippen LogP contribution < -0.4 is 10.2 Å². The van der Waals surface area contributed by atoms with Crippen LogP contribution in [-0.4, -0.2) is 33.9 Å². The highest BCUT2D eigenvalue weighted by Crippen LogP contribution is 2.32. The molecule has 0 aliphatic carbocycles. The molecule has 0 unspecified atom stereocenters. The number of hydrogen-bond donors (Lipinski definition) is 1. The van der Waals surface area contributed by atoms with Gasteiger partial charge in [0.25, 0.3) is 5.91 Å². The molecule has 28 heavy (non-hydrogen) atoms. The Morgan fingerprint density at radius 2 is 1.79 bits per heavy atom. The molecule has 7 nitrogen and oxygen atoms in total. The molecule has 0 atom stereocenters. The molecular weight excluding hydrogens is 377 g/mol. The standard InChI is InChI=1S/C18H19F3N4O3/c1-17(2,3)28-16(27)23-13-10-22-25-9-8-24(15(26)14(13)25)12-6-4-11(5-7-12)18(19,20)21/h4-7,10H,8-9H2,1-3H3,(H,23,27). The van der Waals surface area contributed by atoms with Crippen molar-refractivity contribution >= 4 is 23.4 Å². The molecule has 150 valence electrons. The Labute approximate surface area is 159 Å². The van der Waals surface area contributed by atoms with Crippen molar-refractivity contribution in [2.24, 2.45) is 0 Å². The van der Waals surface area contributed by atoms with E-state index in [4.69, 9.17) is 4.74 Å². The van der Waals surface area contributed by atoms with Gasteiger partial charge in [0.15, 0.2) is 5.69 Å². The summed E-state index contributed by atoms with van der Waals surface area (Å²) in [6.07, 6.45) is -3.84. The van der Waals surface area contributed by atoms with E-state index in [-0.39, 0.29) is 17.9 Å². The van der Waals surface area contributed by atoms with Gasteiger partial charge in [-0.25, -0.2) is 4.79 Å². The lowest BCUT2D eigenvalue weighted by Crippen LogP contribution is -2.41. The molecule has 2 aromatic rings. The van der Waals surface area contributed by atoms with E-state index in [1.54, 1.807) is 20.8 Å². The molecule has 0 radical (unpaired) electrons. The minimum absolute atomic E-state index is 0.136. The average Bonchev–Trinajstić information content (AvgIpc) is 2.96. The normalized spacial score (nSPS) is 14.6. The summed E-state index contributed by atoms with van der Waals surface area (Å²) in [5, 5.41) is 6.58. The summed E-state index contributed by atoms with van der Waals surface area (Å²) >= 11 is 0. The first-order valence-corrected chi connectivity index (χ1v) is 8.50. The van der Waals surface area contributed by atoms with E-state index in [1.165, 1.54) is 27.9 Å². The second-order valence-electron chi connectivity index (χ2n) is 7.26. The third-order valence-electron chi connectivity index (χ3n) is 3.96. The van der Waals surface area contributed by atoms with Crippen molar-refractivity contribution in [1.29, 1.82) is 0 Å². The first-order chi connectivity index (χ1) is 13.0. The van der Waals surface area contributed by atoms with Crippen molar-refractivity contribution in [3.63, 3.8) is 0 Å². The van der Waals surface area contributed by atoms with Crippen LogP contribution in [0.3, 0.4) is 0 Å². The number of hydrogen-bond acceptors (Lipinski definition) is 4. The number of alkyl halides is 3. The zero-order valence-corrected chi connectivity index (χ0v) is 15.5. The number of fused-ring (bicyclic) bond motifs is 1. The van der Waals surface area contributed by atoms with Crippen molar-refractivity contribution in [3.8, 4) is 0 Å². The molecule has 10 heteroatoms. The monoisotopic (exact) mass is 396 g/mol. The Morgan fingerprint density at radius 3 is 2.36 bits per heavy atom. The number of benzene rings is 1. The van der Waals surface area contributed by atoms with Crippen molar-refractivity contribution in [1.82, 2.24) is 9.78 Å².